The summed E-state index contributed by atoms with van der Waals surface area (Å²) in [5, 5.41) is -1.76. The zero-order chi connectivity index (χ0) is 19.4. The van der Waals surface area contributed by atoms with E-state index in [4.69, 9.17) is 11.6 Å². The van der Waals surface area contributed by atoms with E-state index in [-0.39, 0.29) is 4.57 Å². The van der Waals surface area contributed by atoms with Gasteiger partial charge in [0, 0.05) is 18.7 Å². The van der Waals surface area contributed by atoms with Gasteiger partial charge in [-0.1, -0.05) is 11.6 Å². The highest BCUT2D eigenvalue weighted by molar-refractivity contribution is 6.30. The fourth-order valence-corrected chi connectivity index (χ4v) is 2.58. The topological polar surface area (TPSA) is 47.8 Å². The molecule has 0 aliphatic heterocycles. The van der Waals surface area contributed by atoms with Crippen LogP contribution in [0.5, 0.6) is 0 Å². The second-order valence-corrected chi connectivity index (χ2v) is 5.57. The molecule has 0 atom stereocenters. The van der Waals surface area contributed by atoms with Crippen molar-refractivity contribution in [2.45, 2.75) is 6.18 Å². The number of hydrogen-bond acceptors (Lipinski definition) is 3. The molecule has 0 fully saturated rings. The Morgan fingerprint density at radius 2 is 1.77 bits per heavy atom. The first-order valence-corrected chi connectivity index (χ1v) is 7.18. The van der Waals surface area contributed by atoms with Crippen LogP contribution in [0.1, 0.15) is 5.82 Å². The third kappa shape index (κ3) is 2.79. The highest BCUT2D eigenvalue weighted by Crippen LogP contribution is 2.33. The monoisotopic (exact) mass is 393 g/mol. The first-order valence-electron chi connectivity index (χ1n) is 6.80. The Morgan fingerprint density at radius 1 is 1.12 bits per heavy atom. The highest BCUT2D eigenvalue weighted by Gasteiger charge is 2.37. The van der Waals surface area contributed by atoms with Crippen LogP contribution in [0.15, 0.2) is 23.0 Å². The Balaban J connectivity index is 2.54. The van der Waals surface area contributed by atoms with E-state index in [9.17, 15) is 31.1 Å². The van der Waals surface area contributed by atoms with Crippen molar-refractivity contribution in [3.8, 4) is 11.3 Å². The maximum absolute atomic E-state index is 14.2. The Hall–Kier alpha value is -2.62. The second-order valence-electron chi connectivity index (χ2n) is 5.21. The fourth-order valence-electron chi connectivity index (χ4n) is 2.40. The maximum atomic E-state index is 14.2. The van der Waals surface area contributed by atoms with Gasteiger partial charge in [0.15, 0.2) is 11.0 Å². The summed E-state index contributed by atoms with van der Waals surface area (Å²) in [6, 6.07) is 2.13. The lowest BCUT2D eigenvalue weighted by Crippen LogP contribution is -2.28. The molecule has 4 nitrogen and oxygen atoms in total. The molecule has 1 aromatic carbocycles. The Morgan fingerprint density at radius 3 is 2.35 bits per heavy atom. The van der Waals surface area contributed by atoms with Crippen molar-refractivity contribution in [1.82, 2.24) is 14.5 Å². The number of pyridine rings is 1. The van der Waals surface area contributed by atoms with E-state index >= 15 is 0 Å². The van der Waals surface area contributed by atoms with E-state index in [1.807, 2.05) is 0 Å². The van der Waals surface area contributed by atoms with Crippen molar-refractivity contribution in [2.24, 2.45) is 7.05 Å². The molecule has 0 amide bonds. The molecule has 3 rings (SSSR count). The van der Waals surface area contributed by atoms with Crippen molar-refractivity contribution in [3.63, 3.8) is 0 Å². The van der Waals surface area contributed by atoms with Gasteiger partial charge < -0.3 is 0 Å². The largest absolute Gasteiger partial charge is 0.449 e. The molecule has 0 radical (unpaired) electrons. The standard InChI is InChI=1S/C15H6ClF6N3O/c1-25-13(26)8-9(19)12(16)23-10(6-3-2-5(17)4-7(6)18)11(8)24-14(25)15(20,21)22/h2-4H,1H3. The molecule has 0 unspecified atom stereocenters. The molecule has 136 valence electrons. The van der Waals surface area contributed by atoms with Crippen molar-refractivity contribution in [3.05, 3.63) is 57.0 Å². The molecule has 0 aliphatic rings. The van der Waals surface area contributed by atoms with E-state index < -0.39 is 62.3 Å². The number of alkyl halides is 3. The van der Waals surface area contributed by atoms with E-state index in [1.54, 1.807) is 0 Å². The molecule has 3 aromatic rings. The van der Waals surface area contributed by atoms with Gasteiger partial charge in [-0.15, -0.1) is 0 Å². The summed E-state index contributed by atoms with van der Waals surface area (Å²) in [5.41, 5.74) is -3.33. The van der Waals surface area contributed by atoms with Crippen LogP contribution in [-0.2, 0) is 13.2 Å². The summed E-state index contributed by atoms with van der Waals surface area (Å²) in [6.45, 7) is 0. The van der Waals surface area contributed by atoms with Crippen molar-refractivity contribution in [1.29, 1.82) is 0 Å². The predicted octanol–water partition coefficient (Wildman–Crippen LogP) is 4.09. The van der Waals surface area contributed by atoms with Gasteiger partial charge in [0.1, 0.15) is 28.2 Å². The van der Waals surface area contributed by atoms with Gasteiger partial charge in [-0.25, -0.2) is 23.1 Å². The van der Waals surface area contributed by atoms with Gasteiger partial charge in [0.2, 0.25) is 5.82 Å². The van der Waals surface area contributed by atoms with Crippen LogP contribution in [0.4, 0.5) is 26.3 Å². The minimum absolute atomic E-state index is 0.104. The quantitative estimate of drug-likeness (QED) is 0.462. The van der Waals surface area contributed by atoms with E-state index in [0.717, 1.165) is 19.2 Å². The first kappa shape index (κ1) is 18.2. The molecule has 0 bridgehead atoms. The Labute approximate surface area is 145 Å². The van der Waals surface area contributed by atoms with Crippen LogP contribution in [0.25, 0.3) is 22.2 Å². The molecule has 0 saturated carbocycles. The molecule has 0 saturated heterocycles. The molecule has 0 aliphatic carbocycles. The molecule has 2 aromatic heterocycles. The average Bonchev–Trinajstić information content (AvgIpc) is 2.53. The summed E-state index contributed by atoms with van der Waals surface area (Å²) < 4.78 is 80.9. The summed E-state index contributed by atoms with van der Waals surface area (Å²) in [4.78, 5) is 19.0. The number of nitrogens with zero attached hydrogens (tertiary/aromatic N) is 3. The minimum Gasteiger partial charge on any atom is -0.292 e. The summed E-state index contributed by atoms with van der Waals surface area (Å²) >= 11 is 5.60. The number of halogens is 7. The fraction of sp³-hybridized carbons (Fsp3) is 0.133. The van der Waals surface area contributed by atoms with Crippen molar-refractivity contribution < 1.29 is 26.3 Å². The summed E-state index contributed by atoms with van der Waals surface area (Å²) in [6.07, 6.45) is -5.04. The van der Waals surface area contributed by atoms with E-state index in [0.29, 0.717) is 6.07 Å². The van der Waals surface area contributed by atoms with Crippen LogP contribution in [-0.4, -0.2) is 14.5 Å². The number of hydrogen-bond donors (Lipinski definition) is 0. The average molecular weight is 394 g/mol. The summed E-state index contributed by atoms with van der Waals surface area (Å²) in [7, 11) is 0.753. The number of benzene rings is 1. The zero-order valence-electron chi connectivity index (χ0n) is 12.6. The third-order valence-electron chi connectivity index (χ3n) is 3.57. The van der Waals surface area contributed by atoms with Crippen molar-refractivity contribution >= 4 is 22.5 Å². The van der Waals surface area contributed by atoms with Gasteiger partial charge in [-0.2, -0.15) is 13.2 Å². The number of aromatic nitrogens is 3. The minimum atomic E-state index is -5.04. The maximum Gasteiger partial charge on any atom is 0.449 e. The normalized spacial score (nSPS) is 12.0. The first-order chi connectivity index (χ1) is 12.0. The SMILES string of the molecule is Cn1c(C(F)(F)F)nc2c(-c3ccc(F)cc3F)nc(Cl)c(F)c2c1=O. The van der Waals surface area contributed by atoms with Crippen LogP contribution >= 0.6 is 11.6 Å². The molecule has 0 spiro atoms. The smallest absolute Gasteiger partial charge is 0.292 e. The van der Waals surface area contributed by atoms with Gasteiger partial charge in [-0.3, -0.25) is 9.36 Å². The third-order valence-corrected chi connectivity index (χ3v) is 3.82. The van der Waals surface area contributed by atoms with Crippen LogP contribution < -0.4 is 5.56 Å². The predicted molar refractivity (Wildman–Crippen MR) is 80.1 cm³/mol. The lowest BCUT2D eigenvalue weighted by molar-refractivity contribution is -0.147. The second kappa shape index (κ2) is 5.97. The van der Waals surface area contributed by atoms with Gasteiger partial charge in [0.25, 0.3) is 5.56 Å². The Kier molecular flexibility index (Phi) is 4.18. The highest BCUT2D eigenvalue weighted by atomic mass is 35.5. The molecular formula is C15H6ClF6N3O. The van der Waals surface area contributed by atoms with Crippen LogP contribution in [0, 0.1) is 17.5 Å². The number of rotatable bonds is 1. The molecule has 0 N–H and O–H groups in total. The summed E-state index contributed by atoms with van der Waals surface area (Å²) in [5.74, 6) is -5.18. The Bertz CT molecular complexity index is 1110. The van der Waals surface area contributed by atoms with Gasteiger partial charge in [-0.05, 0) is 12.1 Å². The van der Waals surface area contributed by atoms with Gasteiger partial charge in [0.05, 0.1) is 0 Å². The lowest BCUT2D eigenvalue weighted by atomic mass is 10.1. The lowest BCUT2D eigenvalue weighted by Gasteiger charge is -2.14. The van der Waals surface area contributed by atoms with Crippen LogP contribution in [0.3, 0.4) is 0 Å². The molecular weight excluding hydrogens is 388 g/mol. The molecule has 26 heavy (non-hydrogen) atoms. The zero-order valence-corrected chi connectivity index (χ0v) is 13.4. The van der Waals surface area contributed by atoms with Gasteiger partial charge >= 0.3 is 6.18 Å². The molecule has 2 heterocycles. The molecule has 11 heteroatoms. The van der Waals surface area contributed by atoms with E-state index in [1.165, 1.54) is 0 Å². The number of fused-ring (bicyclic) bond motifs is 1. The van der Waals surface area contributed by atoms with E-state index in [2.05, 4.69) is 9.97 Å². The van der Waals surface area contributed by atoms with Crippen molar-refractivity contribution in [2.75, 3.05) is 0 Å². The van der Waals surface area contributed by atoms with Crippen LogP contribution in [0.2, 0.25) is 5.15 Å².